The first kappa shape index (κ1) is 14.7. The minimum Gasteiger partial charge on any atom is -0.508 e. The molecule has 0 spiro atoms. The molecule has 0 heterocycles. The molecule has 0 fully saturated rings. The summed E-state index contributed by atoms with van der Waals surface area (Å²) in [7, 11) is 0. The number of para-hydroxylation sites is 1. The number of ether oxygens (including phenoxy) is 2. The van der Waals surface area contributed by atoms with Gasteiger partial charge in [0.05, 0.1) is 0 Å². The number of hydrogen-bond donors (Lipinski definition) is 2. The van der Waals surface area contributed by atoms with Crippen molar-refractivity contribution in [1.29, 1.82) is 0 Å². The third-order valence-corrected chi connectivity index (χ3v) is 2.87. The number of aromatic hydroxyl groups is 2. The predicted molar refractivity (Wildman–Crippen MR) is 76.7 cm³/mol. The van der Waals surface area contributed by atoms with Crippen LogP contribution < -0.4 is 4.74 Å². The molecule has 2 rings (SSSR count). The number of rotatable bonds is 5. The summed E-state index contributed by atoms with van der Waals surface area (Å²) in [6.07, 6.45) is 0. The molecule has 0 amide bonds. The first-order valence-electron chi connectivity index (χ1n) is 6.45. The maximum Gasteiger partial charge on any atom is 0.342 e. The normalized spacial score (nSPS) is 10.1. The van der Waals surface area contributed by atoms with E-state index in [0.717, 1.165) is 17.4 Å². The third-order valence-electron chi connectivity index (χ3n) is 2.87. The van der Waals surface area contributed by atoms with Gasteiger partial charge in [-0.15, -0.1) is 0 Å². The van der Waals surface area contributed by atoms with Crippen molar-refractivity contribution in [3.8, 4) is 17.2 Å². The van der Waals surface area contributed by atoms with Gasteiger partial charge in [-0.25, -0.2) is 4.79 Å². The van der Waals surface area contributed by atoms with Crippen LogP contribution in [0.2, 0.25) is 0 Å². The van der Waals surface area contributed by atoms with Gasteiger partial charge in [-0.3, -0.25) is 0 Å². The summed E-state index contributed by atoms with van der Waals surface area (Å²) in [6.45, 7) is 2.21. The van der Waals surface area contributed by atoms with Gasteiger partial charge in [0.2, 0.25) is 0 Å². The van der Waals surface area contributed by atoms with E-state index in [0.29, 0.717) is 0 Å². The first-order valence-corrected chi connectivity index (χ1v) is 6.45. The van der Waals surface area contributed by atoms with E-state index >= 15 is 0 Å². The highest BCUT2D eigenvalue weighted by molar-refractivity contribution is 5.92. The summed E-state index contributed by atoms with van der Waals surface area (Å²) < 4.78 is 10.5. The third kappa shape index (κ3) is 3.89. The molecule has 0 aromatic heterocycles. The van der Waals surface area contributed by atoms with Crippen molar-refractivity contribution in [3.63, 3.8) is 0 Å². The van der Waals surface area contributed by atoms with E-state index in [2.05, 4.69) is 0 Å². The summed E-state index contributed by atoms with van der Waals surface area (Å²) >= 11 is 0. The van der Waals surface area contributed by atoms with Crippen LogP contribution in [-0.2, 0) is 4.74 Å². The Bertz CT molecular complexity index is 636. The number of benzene rings is 2. The van der Waals surface area contributed by atoms with Crippen molar-refractivity contribution in [3.05, 3.63) is 53.6 Å². The molecule has 0 aliphatic rings. The molecule has 2 aromatic rings. The quantitative estimate of drug-likeness (QED) is 0.653. The maximum absolute atomic E-state index is 11.7. The van der Waals surface area contributed by atoms with Gasteiger partial charge in [0.25, 0.3) is 0 Å². The lowest BCUT2D eigenvalue weighted by Gasteiger charge is -2.10. The summed E-state index contributed by atoms with van der Waals surface area (Å²) in [4.78, 5) is 11.7. The molecule has 21 heavy (non-hydrogen) atoms. The van der Waals surface area contributed by atoms with Crippen molar-refractivity contribution in [2.24, 2.45) is 0 Å². The number of phenolic OH excluding ortho intramolecular Hbond substituents is 2. The van der Waals surface area contributed by atoms with Crippen LogP contribution >= 0.6 is 0 Å². The molecular weight excluding hydrogens is 272 g/mol. The fraction of sp³-hybridized carbons (Fsp3) is 0.188. The van der Waals surface area contributed by atoms with Gasteiger partial charge in [0, 0.05) is 6.07 Å². The summed E-state index contributed by atoms with van der Waals surface area (Å²) in [5.41, 5.74) is 1.00. The van der Waals surface area contributed by atoms with Gasteiger partial charge in [-0.2, -0.15) is 0 Å². The average molecular weight is 288 g/mol. The monoisotopic (exact) mass is 288 g/mol. The molecule has 0 aliphatic heterocycles. The lowest BCUT2D eigenvalue weighted by Crippen LogP contribution is -2.12. The summed E-state index contributed by atoms with van der Waals surface area (Å²) in [5.74, 6) is -0.367. The van der Waals surface area contributed by atoms with Crippen molar-refractivity contribution in [2.75, 3.05) is 13.2 Å². The van der Waals surface area contributed by atoms with Gasteiger partial charge in [0.15, 0.2) is 0 Å². The summed E-state index contributed by atoms with van der Waals surface area (Å²) in [6, 6.07) is 11.2. The Labute approximate surface area is 122 Å². The highest BCUT2D eigenvalue weighted by Gasteiger charge is 2.13. The van der Waals surface area contributed by atoms with E-state index in [4.69, 9.17) is 14.6 Å². The number of carbonyl (C=O) groups excluding carboxylic acids is 1. The Kier molecular flexibility index (Phi) is 4.66. The van der Waals surface area contributed by atoms with E-state index in [1.54, 1.807) is 0 Å². The van der Waals surface area contributed by atoms with Crippen molar-refractivity contribution >= 4 is 5.97 Å². The van der Waals surface area contributed by atoms with E-state index in [1.807, 2.05) is 31.2 Å². The van der Waals surface area contributed by atoms with Gasteiger partial charge >= 0.3 is 5.97 Å². The molecule has 5 heteroatoms. The van der Waals surface area contributed by atoms with Crippen LogP contribution in [0.1, 0.15) is 15.9 Å². The van der Waals surface area contributed by atoms with Crippen LogP contribution in [0.15, 0.2) is 42.5 Å². The lowest BCUT2D eigenvalue weighted by molar-refractivity contribution is 0.0447. The molecule has 0 radical (unpaired) electrons. The first-order chi connectivity index (χ1) is 10.1. The molecule has 0 unspecified atom stereocenters. The molecule has 5 nitrogen and oxygen atoms in total. The highest BCUT2D eigenvalue weighted by atomic mass is 16.6. The molecule has 0 aliphatic carbocycles. The van der Waals surface area contributed by atoms with Crippen LogP contribution in [0.5, 0.6) is 17.2 Å². The van der Waals surface area contributed by atoms with Crippen molar-refractivity contribution in [1.82, 2.24) is 0 Å². The van der Waals surface area contributed by atoms with E-state index in [1.165, 1.54) is 12.1 Å². The fourth-order valence-electron chi connectivity index (χ4n) is 1.77. The second-order valence-electron chi connectivity index (χ2n) is 4.45. The van der Waals surface area contributed by atoms with Crippen LogP contribution in [-0.4, -0.2) is 29.4 Å². The van der Waals surface area contributed by atoms with Gasteiger partial charge < -0.3 is 19.7 Å². The highest BCUT2D eigenvalue weighted by Crippen LogP contribution is 2.23. The van der Waals surface area contributed by atoms with Crippen molar-refractivity contribution < 1.29 is 24.5 Å². The molecule has 2 N–H and O–H groups in total. The number of phenols is 2. The van der Waals surface area contributed by atoms with Gasteiger partial charge in [0.1, 0.15) is 36.0 Å². The van der Waals surface area contributed by atoms with E-state index in [-0.39, 0.29) is 30.3 Å². The SMILES string of the molecule is Cc1ccccc1OCCOC(=O)c1ccc(O)cc1O. The zero-order valence-corrected chi connectivity index (χ0v) is 11.6. The Hall–Kier alpha value is -2.69. The maximum atomic E-state index is 11.7. The van der Waals surface area contributed by atoms with Crippen LogP contribution in [0.4, 0.5) is 0 Å². The second kappa shape index (κ2) is 6.65. The van der Waals surface area contributed by atoms with Gasteiger partial charge in [-0.1, -0.05) is 18.2 Å². The molecule has 0 saturated heterocycles. The van der Waals surface area contributed by atoms with Gasteiger partial charge in [-0.05, 0) is 30.7 Å². The minimum absolute atomic E-state index is 0.00342. The minimum atomic E-state index is -0.666. The van der Waals surface area contributed by atoms with Crippen molar-refractivity contribution in [2.45, 2.75) is 6.92 Å². The predicted octanol–water partition coefficient (Wildman–Crippen LogP) is 2.64. The molecule has 2 aromatic carbocycles. The molecule has 110 valence electrons. The number of esters is 1. The van der Waals surface area contributed by atoms with Crippen LogP contribution in [0, 0.1) is 6.92 Å². The van der Waals surface area contributed by atoms with E-state index in [9.17, 15) is 9.90 Å². The Morgan fingerprint density at radius 1 is 1.10 bits per heavy atom. The Morgan fingerprint density at radius 3 is 2.57 bits per heavy atom. The summed E-state index contributed by atoms with van der Waals surface area (Å²) in [5, 5.41) is 18.7. The molecular formula is C16H16O5. The largest absolute Gasteiger partial charge is 0.508 e. The van der Waals surface area contributed by atoms with Crippen LogP contribution in [0.3, 0.4) is 0 Å². The van der Waals surface area contributed by atoms with Crippen LogP contribution in [0.25, 0.3) is 0 Å². The Balaban J connectivity index is 1.83. The molecule has 0 saturated carbocycles. The second-order valence-corrected chi connectivity index (χ2v) is 4.45. The smallest absolute Gasteiger partial charge is 0.342 e. The standard InChI is InChI=1S/C16H16O5/c1-11-4-2-3-5-15(11)20-8-9-21-16(19)13-7-6-12(17)10-14(13)18/h2-7,10,17-18H,8-9H2,1H3. The fourth-order valence-corrected chi connectivity index (χ4v) is 1.77. The lowest BCUT2D eigenvalue weighted by atomic mass is 10.2. The number of carbonyl (C=O) groups is 1. The number of aryl methyl sites for hydroxylation is 1. The van der Waals surface area contributed by atoms with E-state index < -0.39 is 5.97 Å². The number of hydrogen-bond acceptors (Lipinski definition) is 5. The topological polar surface area (TPSA) is 76.0 Å². The molecule has 0 bridgehead atoms. The average Bonchev–Trinajstić information content (AvgIpc) is 2.45. The Morgan fingerprint density at radius 2 is 1.86 bits per heavy atom. The molecule has 0 atom stereocenters. The zero-order chi connectivity index (χ0) is 15.2. The zero-order valence-electron chi connectivity index (χ0n) is 11.6.